The topological polar surface area (TPSA) is 105 Å². The molecule has 0 saturated carbocycles. The zero-order valence-electron chi connectivity index (χ0n) is 12.9. The molecule has 0 fully saturated rings. The molecule has 0 aromatic rings. The van der Waals surface area contributed by atoms with E-state index < -0.39 is 17.9 Å². The molecule has 1 atom stereocenters. The third kappa shape index (κ3) is 10.1. The fourth-order valence-corrected chi connectivity index (χ4v) is 1.87. The van der Waals surface area contributed by atoms with Gasteiger partial charge in [-0.1, -0.05) is 20.8 Å². The van der Waals surface area contributed by atoms with Gasteiger partial charge in [0.1, 0.15) is 6.04 Å². The summed E-state index contributed by atoms with van der Waals surface area (Å²) in [5.74, 6) is -0.997. The molecule has 0 rings (SSSR count). The van der Waals surface area contributed by atoms with Crippen molar-refractivity contribution in [3.8, 4) is 0 Å². The van der Waals surface area contributed by atoms with Crippen LogP contribution in [0.1, 0.15) is 33.6 Å². The number of nitrogens with one attached hydrogen (secondary N) is 2. The fourth-order valence-electron chi connectivity index (χ4n) is 1.53. The maximum atomic E-state index is 11.7. The molecule has 0 aliphatic carbocycles. The lowest BCUT2D eigenvalue weighted by Crippen LogP contribution is -2.46. The Morgan fingerprint density at radius 3 is 2.33 bits per heavy atom. The van der Waals surface area contributed by atoms with Crippen LogP contribution in [-0.4, -0.2) is 47.8 Å². The summed E-state index contributed by atoms with van der Waals surface area (Å²) < 4.78 is 13.3. The second-order valence-corrected chi connectivity index (χ2v) is 6.45. The summed E-state index contributed by atoms with van der Waals surface area (Å²) in [4.78, 5) is 34.8. The second-order valence-electron chi connectivity index (χ2n) is 5.78. The van der Waals surface area contributed by atoms with Gasteiger partial charge < -0.3 is 19.9 Å². The van der Waals surface area contributed by atoms with Crippen LogP contribution >= 0.6 is 12.0 Å². The molecule has 0 aliphatic heterocycles. The van der Waals surface area contributed by atoms with Gasteiger partial charge in [-0.3, -0.25) is 9.59 Å². The maximum Gasteiger partial charge on any atom is 0.328 e. The van der Waals surface area contributed by atoms with E-state index >= 15 is 0 Å². The van der Waals surface area contributed by atoms with Crippen molar-refractivity contribution in [2.45, 2.75) is 39.7 Å². The first-order valence-corrected chi connectivity index (χ1v) is 7.54. The van der Waals surface area contributed by atoms with Gasteiger partial charge in [-0.05, 0) is 23.9 Å². The van der Waals surface area contributed by atoms with Crippen molar-refractivity contribution in [2.24, 2.45) is 5.41 Å². The minimum Gasteiger partial charge on any atom is -0.467 e. The number of carbonyl (C=O) groups is 3. The Morgan fingerprint density at radius 2 is 1.86 bits per heavy atom. The van der Waals surface area contributed by atoms with E-state index in [2.05, 4.69) is 15.4 Å². The van der Waals surface area contributed by atoms with Crippen LogP contribution in [0.4, 0.5) is 0 Å². The third-order valence-electron chi connectivity index (χ3n) is 2.46. The van der Waals surface area contributed by atoms with Crippen LogP contribution in [-0.2, 0) is 19.1 Å². The predicted molar refractivity (Wildman–Crippen MR) is 80.7 cm³/mol. The molecule has 0 unspecified atom stereocenters. The second kappa shape index (κ2) is 9.62. The van der Waals surface area contributed by atoms with Crippen molar-refractivity contribution < 1.29 is 23.7 Å². The largest absolute Gasteiger partial charge is 0.467 e. The van der Waals surface area contributed by atoms with Crippen LogP contribution in [0.15, 0.2) is 0 Å². The van der Waals surface area contributed by atoms with Gasteiger partial charge in [0.25, 0.3) is 0 Å². The number of rotatable bonds is 8. The monoisotopic (exact) mass is 320 g/mol. The van der Waals surface area contributed by atoms with E-state index in [1.807, 2.05) is 20.8 Å². The summed E-state index contributed by atoms with van der Waals surface area (Å²) >= 11 is 0.581. The normalized spacial score (nSPS) is 12.4. The summed E-state index contributed by atoms with van der Waals surface area (Å²) in [6.07, 6.45) is 0.553. The standard InChI is InChI=1S/C13H24N2O5S/c1-13(2,3)7-10(16)14-8-11(17)15-9(5-6-21-19)12(18)20-4/h9,19H,5-8H2,1-4H3,(H,14,16)(H,15,17)/t9-/m0/s1. The van der Waals surface area contributed by atoms with Crippen molar-refractivity contribution in [1.82, 2.24) is 10.6 Å². The van der Waals surface area contributed by atoms with E-state index in [4.69, 9.17) is 4.55 Å². The van der Waals surface area contributed by atoms with Crippen LogP contribution in [0.3, 0.4) is 0 Å². The first-order chi connectivity index (χ1) is 9.69. The van der Waals surface area contributed by atoms with E-state index in [1.165, 1.54) is 7.11 Å². The van der Waals surface area contributed by atoms with Gasteiger partial charge in [-0.25, -0.2) is 4.79 Å². The third-order valence-corrected chi connectivity index (χ3v) is 2.87. The Hall–Kier alpha value is -1.28. The van der Waals surface area contributed by atoms with Crippen molar-refractivity contribution in [3.63, 3.8) is 0 Å². The molecule has 0 saturated heterocycles. The molecule has 7 nitrogen and oxygen atoms in total. The van der Waals surface area contributed by atoms with E-state index in [0.29, 0.717) is 18.5 Å². The first-order valence-electron chi connectivity index (χ1n) is 6.60. The van der Waals surface area contributed by atoms with Gasteiger partial charge in [0.05, 0.1) is 13.7 Å². The molecule has 3 N–H and O–H groups in total. The van der Waals surface area contributed by atoms with Crippen LogP contribution in [0.25, 0.3) is 0 Å². The first kappa shape index (κ1) is 19.7. The highest BCUT2D eigenvalue weighted by Crippen LogP contribution is 2.17. The number of carbonyl (C=O) groups excluding carboxylic acids is 3. The average molecular weight is 320 g/mol. The van der Waals surface area contributed by atoms with Crippen molar-refractivity contribution >= 4 is 29.8 Å². The van der Waals surface area contributed by atoms with E-state index in [0.717, 1.165) is 0 Å². The lowest BCUT2D eigenvalue weighted by molar-refractivity contribution is -0.145. The predicted octanol–water partition coefficient (Wildman–Crippen LogP) is 0.793. The molecule has 21 heavy (non-hydrogen) atoms. The molecule has 0 aliphatic rings. The molecule has 0 heterocycles. The Kier molecular flexibility index (Phi) is 9.03. The SMILES string of the molecule is COC(=O)[C@H](CCSO)NC(=O)CNC(=O)CC(C)(C)C. The quantitative estimate of drug-likeness (QED) is 0.451. The maximum absolute atomic E-state index is 11.7. The van der Waals surface area contributed by atoms with Crippen LogP contribution in [0.2, 0.25) is 0 Å². The smallest absolute Gasteiger partial charge is 0.328 e. The van der Waals surface area contributed by atoms with Crippen molar-refractivity contribution in [3.05, 3.63) is 0 Å². The Morgan fingerprint density at radius 1 is 1.24 bits per heavy atom. The lowest BCUT2D eigenvalue weighted by Gasteiger charge is -2.18. The number of ether oxygens (including phenoxy) is 1. The summed E-state index contributed by atoms with van der Waals surface area (Å²) in [6.45, 7) is 5.57. The van der Waals surface area contributed by atoms with E-state index in [1.54, 1.807) is 0 Å². The molecule has 0 spiro atoms. The Labute approximate surface area is 129 Å². The number of methoxy groups -OCH3 is 1. The Bertz CT molecular complexity index is 368. The minimum atomic E-state index is -0.832. The van der Waals surface area contributed by atoms with Gasteiger partial charge in [-0.2, -0.15) is 0 Å². The van der Waals surface area contributed by atoms with E-state index in [9.17, 15) is 14.4 Å². The zero-order chi connectivity index (χ0) is 16.5. The highest BCUT2D eigenvalue weighted by molar-refractivity contribution is 7.93. The average Bonchev–Trinajstić information content (AvgIpc) is 2.38. The van der Waals surface area contributed by atoms with Gasteiger partial charge in [0.15, 0.2) is 0 Å². The van der Waals surface area contributed by atoms with E-state index in [-0.39, 0.29) is 30.0 Å². The fraction of sp³-hybridized carbons (Fsp3) is 0.769. The summed E-state index contributed by atoms with van der Waals surface area (Å²) in [5, 5.41) is 4.97. The number of amides is 2. The van der Waals surface area contributed by atoms with Gasteiger partial charge in [0, 0.05) is 12.2 Å². The molecule has 0 radical (unpaired) electrons. The summed E-state index contributed by atoms with van der Waals surface area (Å²) in [6, 6.07) is -0.832. The number of hydrogen-bond acceptors (Lipinski definition) is 6. The van der Waals surface area contributed by atoms with Gasteiger partial charge >= 0.3 is 5.97 Å². The molecule has 2 amide bonds. The molecule has 0 aromatic carbocycles. The molecule has 122 valence electrons. The van der Waals surface area contributed by atoms with Crippen molar-refractivity contribution in [2.75, 3.05) is 19.4 Å². The molecule has 0 bridgehead atoms. The highest BCUT2D eigenvalue weighted by atomic mass is 32.2. The minimum absolute atomic E-state index is 0.159. The van der Waals surface area contributed by atoms with Gasteiger partial charge in [0.2, 0.25) is 11.8 Å². The van der Waals surface area contributed by atoms with Crippen LogP contribution < -0.4 is 10.6 Å². The highest BCUT2D eigenvalue weighted by Gasteiger charge is 2.22. The van der Waals surface area contributed by atoms with Crippen LogP contribution in [0, 0.1) is 5.41 Å². The molecular weight excluding hydrogens is 296 g/mol. The number of esters is 1. The number of hydrogen-bond donors (Lipinski definition) is 3. The lowest BCUT2D eigenvalue weighted by atomic mass is 9.92. The molecule has 8 heteroatoms. The summed E-state index contributed by atoms with van der Waals surface area (Å²) in [5.41, 5.74) is -0.159. The van der Waals surface area contributed by atoms with Crippen LogP contribution in [0.5, 0.6) is 0 Å². The molecular formula is C13H24N2O5S. The summed E-state index contributed by atoms with van der Waals surface area (Å²) in [7, 11) is 1.22. The zero-order valence-corrected chi connectivity index (χ0v) is 13.7. The Balaban J connectivity index is 4.25. The van der Waals surface area contributed by atoms with Gasteiger partial charge in [-0.15, -0.1) is 0 Å². The van der Waals surface area contributed by atoms with Crippen molar-refractivity contribution in [1.29, 1.82) is 0 Å². The molecule has 0 aromatic heterocycles.